The fraction of sp³-hybridized carbons (Fsp3) is 0.280. The highest BCUT2D eigenvalue weighted by atomic mass is 32.2. The number of sulfonamides is 1. The van der Waals surface area contributed by atoms with Gasteiger partial charge in [-0.3, -0.25) is 4.72 Å². The number of nitrogens with one attached hydrogen (secondary N) is 1. The minimum atomic E-state index is -3.73. The Morgan fingerprint density at radius 1 is 0.935 bits per heavy atom. The largest absolute Gasteiger partial charge is 0.496 e. The molecule has 31 heavy (non-hydrogen) atoms. The molecule has 1 unspecified atom stereocenters. The Balaban J connectivity index is 1.68. The van der Waals surface area contributed by atoms with Gasteiger partial charge in [-0.05, 0) is 74.3 Å². The number of rotatable bonds is 6. The average Bonchev–Trinajstić information content (AvgIpc) is 2.79. The Kier molecular flexibility index (Phi) is 6.03. The van der Waals surface area contributed by atoms with Crippen LogP contribution in [0.2, 0.25) is 0 Å². The summed E-state index contributed by atoms with van der Waals surface area (Å²) in [6, 6.07) is 20.9. The van der Waals surface area contributed by atoms with Gasteiger partial charge in [0, 0.05) is 11.6 Å². The Hall–Kier alpha value is -2.83. The molecule has 1 atom stereocenters. The summed E-state index contributed by atoms with van der Waals surface area (Å²) in [7, 11) is 2.09. The Bertz CT molecular complexity index is 1170. The van der Waals surface area contributed by atoms with E-state index in [-0.39, 0.29) is 4.90 Å². The van der Waals surface area contributed by atoms with Gasteiger partial charge >= 0.3 is 0 Å². The van der Waals surface area contributed by atoms with Gasteiger partial charge in [0.05, 0.1) is 17.7 Å². The molecule has 1 N–H and O–H groups in total. The molecule has 0 saturated carbocycles. The number of hydrogen-bond acceptors (Lipinski definition) is 4. The quantitative estimate of drug-likeness (QED) is 0.614. The first kappa shape index (κ1) is 21.4. The predicted molar refractivity (Wildman–Crippen MR) is 125 cm³/mol. The van der Waals surface area contributed by atoms with Gasteiger partial charge in [0.1, 0.15) is 5.75 Å². The Labute approximate surface area is 184 Å². The summed E-state index contributed by atoms with van der Waals surface area (Å²) in [5, 5.41) is 0. The van der Waals surface area contributed by atoms with Crippen molar-refractivity contribution in [1.82, 2.24) is 4.90 Å². The molecule has 0 radical (unpaired) electrons. The van der Waals surface area contributed by atoms with Gasteiger partial charge in [-0.1, -0.05) is 42.5 Å². The summed E-state index contributed by atoms with van der Waals surface area (Å²) in [6.45, 7) is 0. The first-order valence-electron chi connectivity index (χ1n) is 10.4. The number of hydrogen-bond donors (Lipinski definition) is 1. The van der Waals surface area contributed by atoms with E-state index in [0.717, 1.165) is 47.3 Å². The molecule has 5 nitrogen and oxygen atoms in total. The summed E-state index contributed by atoms with van der Waals surface area (Å²) in [6.07, 6.45) is 2.62. The fourth-order valence-corrected chi connectivity index (χ4v) is 5.37. The summed E-state index contributed by atoms with van der Waals surface area (Å²) in [5.41, 5.74) is 4.61. The third-order valence-corrected chi connectivity index (χ3v) is 7.36. The van der Waals surface area contributed by atoms with Crippen LogP contribution in [-0.2, 0) is 22.9 Å². The van der Waals surface area contributed by atoms with Gasteiger partial charge in [0.25, 0.3) is 10.0 Å². The third-order valence-electron chi connectivity index (χ3n) is 6.00. The zero-order valence-electron chi connectivity index (χ0n) is 18.1. The van der Waals surface area contributed by atoms with Crippen LogP contribution in [0.15, 0.2) is 71.6 Å². The maximum Gasteiger partial charge on any atom is 0.261 e. The summed E-state index contributed by atoms with van der Waals surface area (Å²) >= 11 is 0. The number of benzene rings is 3. The van der Waals surface area contributed by atoms with Crippen LogP contribution < -0.4 is 9.46 Å². The molecule has 4 rings (SSSR count). The van der Waals surface area contributed by atoms with Gasteiger partial charge in [-0.2, -0.15) is 0 Å². The maximum absolute atomic E-state index is 13.2. The molecule has 1 aliphatic carbocycles. The summed E-state index contributed by atoms with van der Waals surface area (Å²) in [5.74, 6) is 0.815. The lowest BCUT2D eigenvalue weighted by atomic mass is 9.86. The van der Waals surface area contributed by atoms with Crippen molar-refractivity contribution in [2.24, 2.45) is 0 Å². The summed E-state index contributed by atoms with van der Waals surface area (Å²) < 4.78 is 34.9. The number of anilines is 1. The van der Waals surface area contributed by atoms with E-state index in [4.69, 9.17) is 4.74 Å². The first-order chi connectivity index (χ1) is 14.9. The second kappa shape index (κ2) is 8.73. The Morgan fingerprint density at radius 2 is 1.68 bits per heavy atom. The van der Waals surface area contributed by atoms with E-state index in [1.807, 2.05) is 48.5 Å². The number of methoxy groups -OCH3 is 1. The molecular weight excluding hydrogens is 408 g/mol. The standard InChI is InChI=1S/C25H28N2O3S/c1-27(2)20-12-13-22-23(17-20)25(30-3)15-14-24(22)26-31(28,29)21-11-7-10-19(16-21)18-8-5-4-6-9-18/h4-11,14-16,20,26H,12-13,17H2,1-3H3. The molecular formula is C25H28N2O3S. The van der Waals surface area contributed by atoms with E-state index in [1.165, 1.54) is 0 Å². The van der Waals surface area contributed by atoms with Crippen LogP contribution in [0.4, 0.5) is 5.69 Å². The minimum absolute atomic E-state index is 0.250. The normalized spacial score (nSPS) is 16.1. The second-order valence-electron chi connectivity index (χ2n) is 8.13. The zero-order chi connectivity index (χ0) is 22.0. The number of nitrogens with zero attached hydrogens (tertiary/aromatic N) is 1. The topological polar surface area (TPSA) is 58.6 Å². The van der Waals surface area contributed by atoms with Crippen molar-refractivity contribution in [2.45, 2.75) is 30.2 Å². The highest BCUT2D eigenvalue weighted by Gasteiger charge is 2.27. The molecule has 0 spiro atoms. The van der Waals surface area contributed by atoms with Gasteiger partial charge in [-0.25, -0.2) is 8.42 Å². The van der Waals surface area contributed by atoms with Crippen molar-refractivity contribution in [2.75, 3.05) is 25.9 Å². The van der Waals surface area contributed by atoms with Gasteiger partial charge in [0.2, 0.25) is 0 Å². The molecule has 3 aromatic rings. The molecule has 0 aliphatic heterocycles. The van der Waals surface area contributed by atoms with E-state index >= 15 is 0 Å². The van der Waals surface area contributed by atoms with Crippen LogP contribution in [0.25, 0.3) is 11.1 Å². The maximum atomic E-state index is 13.2. The highest BCUT2D eigenvalue weighted by Crippen LogP contribution is 2.37. The minimum Gasteiger partial charge on any atom is -0.496 e. The lowest BCUT2D eigenvalue weighted by Crippen LogP contribution is -2.34. The number of ether oxygens (including phenoxy) is 1. The molecule has 6 heteroatoms. The van der Waals surface area contributed by atoms with Crippen LogP contribution in [0.3, 0.4) is 0 Å². The number of likely N-dealkylation sites (N-methyl/N-ethyl adjacent to an activating group) is 1. The van der Waals surface area contributed by atoms with E-state index in [2.05, 4.69) is 23.7 Å². The van der Waals surface area contributed by atoms with Crippen LogP contribution in [0, 0.1) is 0 Å². The van der Waals surface area contributed by atoms with Crippen molar-refractivity contribution in [3.63, 3.8) is 0 Å². The van der Waals surface area contributed by atoms with Crippen LogP contribution in [0.5, 0.6) is 5.75 Å². The molecule has 3 aromatic carbocycles. The van der Waals surface area contributed by atoms with Crippen molar-refractivity contribution < 1.29 is 13.2 Å². The van der Waals surface area contributed by atoms with Crippen LogP contribution in [-0.4, -0.2) is 40.6 Å². The van der Waals surface area contributed by atoms with Crippen molar-refractivity contribution >= 4 is 15.7 Å². The monoisotopic (exact) mass is 436 g/mol. The molecule has 0 bridgehead atoms. The smallest absolute Gasteiger partial charge is 0.261 e. The Morgan fingerprint density at radius 3 is 2.39 bits per heavy atom. The molecule has 0 amide bonds. The zero-order valence-corrected chi connectivity index (χ0v) is 18.9. The lowest BCUT2D eigenvalue weighted by molar-refractivity contribution is 0.265. The molecule has 0 fully saturated rings. The molecule has 0 saturated heterocycles. The van der Waals surface area contributed by atoms with E-state index < -0.39 is 10.0 Å². The number of fused-ring (bicyclic) bond motifs is 1. The van der Waals surface area contributed by atoms with E-state index in [9.17, 15) is 8.42 Å². The van der Waals surface area contributed by atoms with Gasteiger partial charge in [-0.15, -0.1) is 0 Å². The van der Waals surface area contributed by atoms with E-state index in [0.29, 0.717) is 11.7 Å². The van der Waals surface area contributed by atoms with E-state index in [1.54, 1.807) is 25.3 Å². The molecule has 0 heterocycles. The fourth-order valence-electron chi connectivity index (χ4n) is 4.23. The van der Waals surface area contributed by atoms with Gasteiger partial charge in [0.15, 0.2) is 0 Å². The molecule has 162 valence electrons. The van der Waals surface area contributed by atoms with Crippen molar-refractivity contribution in [3.8, 4) is 16.9 Å². The van der Waals surface area contributed by atoms with Gasteiger partial charge < -0.3 is 9.64 Å². The molecule has 0 aromatic heterocycles. The summed E-state index contributed by atoms with van der Waals surface area (Å²) in [4.78, 5) is 2.47. The highest BCUT2D eigenvalue weighted by molar-refractivity contribution is 7.92. The average molecular weight is 437 g/mol. The first-order valence-corrected chi connectivity index (χ1v) is 11.9. The van der Waals surface area contributed by atoms with Crippen LogP contribution >= 0.6 is 0 Å². The van der Waals surface area contributed by atoms with Crippen molar-refractivity contribution in [3.05, 3.63) is 77.9 Å². The third kappa shape index (κ3) is 4.45. The SMILES string of the molecule is COc1ccc(NS(=O)(=O)c2cccc(-c3ccccc3)c2)c2c1CC(N(C)C)CC2. The van der Waals surface area contributed by atoms with Crippen molar-refractivity contribution in [1.29, 1.82) is 0 Å². The predicted octanol–water partition coefficient (Wildman–Crippen LogP) is 4.58. The second-order valence-corrected chi connectivity index (χ2v) is 9.81. The molecule has 1 aliphatic rings. The van der Waals surface area contributed by atoms with Crippen LogP contribution in [0.1, 0.15) is 17.5 Å². The lowest BCUT2D eigenvalue weighted by Gasteiger charge is -2.32.